The number of aromatic nitrogens is 1. The van der Waals surface area contributed by atoms with E-state index in [1.54, 1.807) is 54.6 Å². The zero-order chi connectivity index (χ0) is 31.1. The van der Waals surface area contributed by atoms with Crippen LogP contribution in [-0.2, 0) is 21.2 Å². The average Bonchev–Trinajstić information content (AvgIpc) is 3.19. The molecule has 0 bridgehead atoms. The zero-order valence-corrected chi connectivity index (χ0v) is 24.0. The summed E-state index contributed by atoms with van der Waals surface area (Å²) in [6.07, 6.45) is 3.02. The number of methoxy groups -OCH3 is 1. The number of nitrogens with zero attached hydrogens (tertiary/aromatic N) is 2. The van der Waals surface area contributed by atoms with Gasteiger partial charge >= 0.3 is 6.18 Å². The van der Waals surface area contributed by atoms with Crippen molar-refractivity contribution in [1.82, 2.24) is 9.99 Å². The molecular formula is C31H24Cl2F3N3O4. The summed E-state index contributed by atoms with van der Waals surface area (Å²) in [6.45, 7) is 3.93. The van der Waals surface area contributed by atoms with Gasteiger partial charge in [-0.3, -0.25) is 15.0 Å². The van der Waals surface area contributed by atoms with Gasteiger partial charge in [0.25, 0.3) is 11.8 Å². The molecule has 1 fully saturated rings. The average molecular weight is 630 g/mol. The summed E-state index contributed by atoms with van der Waals surface area (Å²) >= 11 is 12.3. The standard InChI is InChI=1S/C31H24Cl2F3N3O4/c1-3-18-6-12-23-28(41)39(38-27-24(33)15-20(16-37-27)31(34,35)36)29(42)30(23,19-7-9-21(32)10-8-19)22(18)11-4-17-5-13-25(40)26(14-17)43-2/h3-11,13-16,22-23,40H,1,12H2,2H3,(H,37,38). The molecule has 222 valence electrons. The van der Waals surface area contributed by atoms with Gasteiger partial charge < -0.3 is 9.84 Å². The van der Waals surface area contributed by atoms with Crippen molar-refractivity contribution in [2.75, 3.05) is 12.5 Å². The fourth-order valence-corrected chi connectivity index (χ4v) is 5.99. The summed E-state index contributed by atoms with van der Waals surface area (Å²) in [5, 5.41) is 10.8. The second kappa shape index (κ2) is 11.4. The molecule has 1 saturated heterocycles. The van der Waals surface area contributed by atoms with Gasteiger partial charge in [0.15, 0.2) is 17.3 Å². The summed E-state index contributed by atoms with van der Waals surface area (Å²) in [5.74, 6) is -2.98. The van der Waals surface area contributed by atoms with Crippen molar-refractivity contribution in [2.24, 2.45) is 11.8 Å². The maximum absolute atomic E-state index is 14.5. The number of anilines is 1. The number of pyridine rings is 1. The van der Waals surface area contributed by atoms with Crippen LogP contribution in [0.15, 0.2) is 85.1 Å². The number of fused-ring (bicyclic) bond motifs is 1. The van der Waals surface area contributed by atoms with Crippen LogP contribution in [-0.4, -0.2) is 34.0 Å². The highest BCUT2D eigenvalue weighted by Gasteiger charge is 2.65. The van der Waals surface area contributed by atoms with E-state index in [4.69, 9.17) is 27.9 Å². The molecule has 12 heteroatoms. The Kier molecular flexibility index (Phi) is 8.02. The number of carbonyl (C=O) groups excluding carboxylic acids is 2. The van der Waals surface area contributed by atoms with E-state index in [0.29, 0.717) is 34.0 Å². The van der Waals surface area contributed by atoms with Crippen LogP contribution in [0.3, 0.4) is 0 Å². The molecule has 1 aromatic heterocycles. The van der Waals surface area contributed by atoms with Crippen LogP contribution in [0.5, 0.6) is 11.5 Å². The number of alkyl halides is 3. The van der Waals surface area contributed by atoms with Gasteiger partial charge in [-0.25, -0.2) is 4.98 Å². The molecule has 7 nitrogen and oxygen atoms in total. The molecule has 2 amide bonds. The SMILES string of the molecule is C=CC1=CCC2C(=O)N(Nc3ncc(C(F)(F)F)cc3Cl)C(=O)C2(c2ccc(Cl)cc2)C1C=Cc1ccc(O)c(OC)c1. The van der Waals surface area contributed by atoms with Crippen molar-refractivity contribution in [2.45, 2.75) is 18.0 Å². The molecule has 5 rings (SSSR count). The number of halogens is 5. The Balaban J connectivity index is 1.63. The number of benzene rings is 2. The van der Waals surface area contributed by atoms with E-state index >= 15 is 0 Å². The first-order valence-electron chi connectivity index (χ1n) is 12.9. The van der Waals surface area contributed by atoms with Gasteiger partial charge in [-0.15, -0.1) is 0 Å². The predicted octanol–water partition coefficient (Wildman–Crippen LogP) is 7.22. The van der Waals surface area contributed by atoms with Crippen molar-refractivity contribution in [3.05, 3.63) is 112 Å². The molecule has 1 aliphatic carbocycles. The lowest BCUT2D eigenvalue weighted by Gasteiger charge is -2.41. The monoisotopic (exact) mass is 629 g/mol. The fourth-order valence-electron chi connectivity index (χ4n) is 5.66. The molecule has 2 heterocycles. The van der Waals surface area contributed by atoms with Crippen LogP contribution in [0, 0.1) is 11.8 Å². The molecule has 0 radical (unpaired) electrons. The Morgan fingerprint density at radius 2 is 1.88 bits per heavy atom. The molecule has 0 saturated carbocycles. The maximum atomic E-state index is 14.5. The fraction of sp³-hybridized carbons (Fsp3) is 0.194. The van der Waals surface area contributed by atoms with Gasteiger partial charge in [-0.05, 0) is 53.5 Å². The highest BCUT2D eigenvalue weighted by molar-refractivity contribution is 6.33. The smallest absolute Gasteiger partial charge is 0.417 e. The van der Waals surface area contributed by atoms with Crippen molar-refractivity contribution in [3.63, 3.8) is 0 Å². The molecule has 2 aromatic carbocycles. The molecular weight excluding hydrogens is 606 g/mol. The van der Waals surface area contributed by atoms with E-state index in [1.165, 1.54) is 13.2 Å². The normalized spacial score (nSPS) is 22.0. The van der Waals surface area contributed by atoms with Gasteiger partial charge in [0.1, 0.15) is 0 Å². The molecule has 3 aromatic rings. The lowest BCUT2D eigenvalue weighted by molar-refractivity contribution is -0.139. The van der Waals surface area contributed by atoms with E-state index in [1.807, 2.05) is 6.08 Å². The van der Waals surface area contributed by atoms with Gasteiger partial charge in [0, 0.05) is 17.1 Å². The molecule has 43 heavy (non-hydrogen) atoms. The van der Waals surface area contributed by atoms with Gasteiger partial charge in [-0.1, -0.05) is 72.3 Å². The number of carbonyl (C=O) groups is 2. The Morgan fingerprint density at radius 3 is 2.51 bits per heavy atom. The molecule has 0 spiro atoms. The van der Waals surface area contributed by atoms with E-state index in [0.717, 1.165) is 5.01 Å². The first-order chi connectivity index (χ1) is 20.4. The second-order valence-corrected chi connectivity index (χ2v) is 10.8. The number of phenols is 1. The molecule has 2 aliphatic rings. The highest BCUT2D eigenvalue weighted by atomic mass is 35.5. The van der Waals surface area contributed by atoms with Crippen LogP contribution in [0.2, 0.25) is 10.0 Å². The van der Waals surface area contributed by atoms with Gasteiger partial charge in [-0.2, -0.15) is 18.2 Å². The van der Waals surface area contributed by atoms with Crippen LogP contribution in [0.25, 0.3) is 6.08 Å². The number of imide groups is 1. The number of phenolic OH excluding ortho intramolecular Hbond substituents is 1. The number of allylic oxidation sites excluding steroid dienone is 4. The number of nitrogens with one attached hydrogen (secondary N) is 1. The Morgan fingerprint density at radius 1 is 1.16 bits per heavy atom. The first kappa shape index (κ1) is 30.2. The summed E-state index contributed by atoms with van der Waals surface area (Å²) < 4.78 is 44.7. The Hall–Kier alpha value is -4.28. The number of amides is 2. The zero-order valence-electron chi connectivity index (χ0n) is 22.5. The minimum Gasteiger partial charge on any atom is -0.504 e. The summed E-state index contributed by atoms with van der Waals surface area (Å²) in [6, 6.07) is 12.0. The van der Waals surface area contributed by atoms with Crippen molar-refractivity contribution in [3.8, 4) is 11.5 Å². The number of rotatable bonds is 7. The third kappa shape index (κ3) is 5.25. The summed E-state index contributed by atoms with van der Waals surface area (Å²) in [5.41, 5.74) is 1.84. The molecule has 1 aliphatic heterocycles. The van der Waals surface area contributed by atoms with Crippen LogP contribution < -0.4 is 10.2 Å². The largest absolute Gasteiger partial charge is 0.504 e. The summed E-state index contributed by atoms with van der Waals surface area (Å²) in [4.78, 5) is 32.2. The number of hydrogen-bond acceptors (Lipinski definition) is 6. The van der Waals surface area contributed by atoms with E-state index in [-0.39, 0.29) is 23.7 Å². The van der Waals surface area contributed by atoms with E-state index in [9.17, 15) is 27.9 Å². The lowest BCUT2D eigenvalue weighted by Crippen LogP contribution is -2.49. The minimum atomic E-state index is -4.68. The molecule has 3 atom stereocenters. The van der Waals surface area contributed by atoms with Gasteiger partial charge in [0.05, 0.1) is 29.0 Å². The number of aromatic hydroxyl groups is 1. The third-order valence-electron chi connectivity index (χ3n) is 7.69. The third-order valence-corrected chi connectivity index (χ3v) is 8.23. The van der Waals surface area contributed by atoms with Crippen LogP contribution in [0.4, 0.5) is 19.0 Å². The number of hydrazine groups is 1. The molecule has 3 unspecified atom stereocenters. The predicted molar refractivity (Wildman–Crippen MR) is 156 cm³/mol. The van der Waals surface area contributed by atoms with Crippen molar-refractivity contribution in [1.29, 1.82) is 0 Å². The Labute approximate surface area is 254 Å². The topological polar surface area (TPSA) is 91.8 Å². The lowest BCUT2D eigenvalue weighted by atomic mass is 9.57. The second-order valence-electron chi connectivity index (χ2n) is 9.98. The van der Waals surface area contributed by atoms with E-state index < -0.39 is 45.8 Å². The van der Waals surface area contributed by atoms with Crippen LogP contribution in [0.1, 0.15) is 23.1 Å². The highest BCUT2D eigenvalue weighted by Crippen LogP contribution is 2.54. The minimum absolute atomic E-state index is 0.0458. The van der Waals surface area contributed by atoms with Crippen molar-refractivity contribution < 1.29 is 32.6 Å². The summed E-state index contributed by atoms with van der Waals surface area (Å²) in [7, 11) is 1.42. The van der Waals surface area contributed by atoms with E-state index in [2.05, 4.69) is 17.0 Å². The van der Waals surface area contributed by atoms with Crippen LogP contribution >= 0.6 is 23.2 Å². The van der Waals surface area contributed by atoms with Gasteiger partial charge in [0.2, 0.25) is 0 Å². The maximum Gasteiger partial charge on any atom is 0.417 e. The number of hydrogen-bond donors (Lipinski definition) is 2. The number of ether oxygens (including phenoxy) is 1. The quantitative estimate of drug-likeness (QED) is 0.268. The molecule has 2 N–H and O–H groups in total. The first-order valence-corrected chi connectivity index (χ1v) is 13.7. The van der Waals surface area contributed by atoms with Crippen molar-refractivity contribution >= 4 is 46.9 Å². The Bertz CT molecular complexity index is 1670.